The fourth-order valence-corrected chi connectivity index (χ4v) is 2.16. The molecule has 0 saturated heterocycles. The molecule has 1 aromatic heterocycles. The molecule has 2 rings (SSSR count). The van der Waals surface area contributed by atoms with Gasteiger partial charge in [0.2, 0.25) is 0 Å². The summed E-state index contributed by atoms with van der Waals surface area (Å²) in [7, 11) is 0. The Labute approximate surface area is 114 Å². The van der Waals surface area contributed by atoms with Crippen molar-refractivity contribution in [2.24, 2.45) is 0 Å². The lowest BCUT2D eigenvalue weighted by Crippen LogP contribution is -2.20. The predicted octanol–water partition coefficient (Wildman–Crippen LogP) is 2.57. The Morgan fingerprint density at radius 2 is 2.05 bits per heavy atom. The lowest BCUT2D eigenvalue weighted by atomic mass is 10.2. The zero-order valence-corrected chi connectivity index (χ0v) is 11.9. The highest BCUT2D eigenvalue weighted by Crippen LogP contribution is 2.18. The van der Waals surface area contributed by atoms with Crippen LogP contribution in [0.1, 0.15) is 26.0 Å². The molecule has 0 unspecified atom stereocenters. The largest absolute Gasteiger partial charge is 0.374 e. The highest BCUT2D eigenvalue weighted by atomic mass is 16.5. The number of nitrogens with one attached hydrogen (secondary N) is 1. The van der Waals surface area contributed by atoms with Gasteiger partial charge in [-0.2, -0.15) is 5.10 Å². The molecule has 1 aromatic carbocycles. The van der Waals surface area contributed by atoms with Crippen molar-refractivity contribution in [3.63, 3.8) is 0 Å². The molecule has 4 heteroatoms. The van der Waals surface area contributed by atoms with E-state index in [2.05, 4.69) is 48.5 Å². The highest BCUT2D eigenvalue weighted by molar-refractivity contribution is 5.81. The first-order chi connectivity index (χ1) is 9.36. The topological polar surface area (TPSA) is 39.1 Å². The summed E-state index contributed by atoms with van der Waals surface area (Å²) in [5.74, 6) is 0. The average Bonchev–Trinajstić information content (AvgIpc) is 2.81. The number of aromatic nitrogens is 2. The first-order valence-electron chi connectivity index (χ1n) is 7.09. The van der Waals surface area contributed by atoms with Gasteiger partial charge >= 0.3 is 0 Å². The molecule has 0 atom stereocenters. The van der Waals surface area contributed by atoms with Gasteiger partial charge in [-0.1, -0.05) is 25.1 Å². The van der Waals surface area contributed by atoms with Crippen LogP contribution in [0.4, 0.5) is 0 Å². The molecule has 0 radical (unpaired) electrons. The number of ether oxygens (including phenoxy) is 1. The van der Waals surface area contributed by atoms with E-state index in [1.807, 2.05) is 4.68 Å². The van der Waals surface area contributed by atoms with Crippen molar-refractivity contribution in [1.29, 1.82) is 0 Å². The van der Waals surface area contributed by atoms with Gasteiger partial charge in [0.1, 0.15) is 0 Å². The molecule has 0 aliphatic rings. The standard InChI is InChI=1S/C15H23N3O/c1-3-9-16-10-11-19-12-14-13-7-5-6-8-15(13)18(4-2)17-14/h5-8,16H,3-4,9-12H2,1-2H3. The Hall–Kier alpha value is -1.39. The predicted molar refractivity (Wildman–Crippen MR) is 78.2 cm³/mol. The maximum absolute atomic E-state index is 5.69. The van der Waals surface area contributed by atoms with Crippen LogP contribution in [0.2, 0.25) is 0 Å². The third-order valence-corrected chi connectivity index (χ3v) is 3.12. The Kier molecular flexibility index (Phi) is 5.36. The second-order valence-corrected chi connectivity index (χ2v) is 4.58. The van der Waals surface area contributed by atoms with E-state index in [9.17, 15) is 0 Å². The number of hydrogen-bond acceptors (Lipinski definition) is 3. The van der Waals surface area contributed by atoms with Gasteiger partial charge in [0.15, 0.2) is 0 Å². The monoisotopic (exact) mass is 261 g/mol. The van der Waals surface area contributed by atoms with Crippen LogP contribution < -0.4 is 5.32 Å². The number of benzene rings is 1. The summed E-state index contributed by atoms with van der Waals surface area (Å²) in [5, 5.41) is 9.14. The zero-order valence-electron chi connectivity index (χ0n) is 11.9. The van der Waals surface area contributed by atoms with Gasteiger partial charge in [-0.05, 0) is 26.0 Å². The van der Waals surface area contributed by atoms with E-state index in [0.29, 0.717) is 6.61 Å². The van der Waals surface area contributed by atoms with Gasteiger partial charge in [0.05, 0.1) is 24.4 Å². The fourth-order valence-electron chi connectivity index (χ4n) is 2.16. The molecule has 4 nitrogen and oxygen atoms in total. The van der Waals surface area contributed by atoms with Gasteiger partial charge in [-0.15, -0.1) is 0 Å². The van der Waals surface area contributed by atoms with Gasteiger partial charge in [-0.25, -0.2) is 0 Å². The smallest absolute Gasteiger partial charge is 0.0960 e. The maximum Gasteiger partial charge on any atom is 0.0960 e. The van der Waals surface area contributed by atoms with E-state index in [-0.39, 0.29) is 0 Å². The Morgan fingerprint density at radius 1 is 1.21 bits per heavy atom. The molecule has 0 amide bonds. The Bertz CT molecular complexity index is 507. The normalized spacial score (nSPS) is 11.3. The van der Waals surface area contributed by atoms with Crippen LogP contribution in [0.5, 0.6) is 0 Å². The number of fused-ring (bicyclic) bond motifs is 1. The molecule has 1 heterocycles. The van der Waals surface area contributed by atoms with Crippen molar-refractivity contribution in [2.75, 3.05) is 19.7 Å². The lowest BCUT2D eigenvalue weighted by Gasteiger charge is -2.03. The second kappa shape index (κ2) is 7.26. The van der Waals surface area contributed by atoms with Crippen LogP contribution in [0.3, 0.4) is 0 Å². The molecule has 104 valence electrons. The second-order valence-electron chi connectivity index (χ2n) is 4.58. The maximum atomic E-state index is 5.69. The van der Waals surface area contributed by atoms with E-state index in [4.69, 9.17) is 4.74 Å². The number of rotatable bonds is 8. The summed E-state index contributed by atoms with van der Waals surface area (Å²) in [4.78, 5) is 0. The van der Waals surface area contributed by atoms with Gasteiger partial charge in [-0.3, -0.25) is 4.68 Å². The van der Waals surface area contributed by atoms with Gasteiger partial charge in [0, 0.05) is 18.5 Å². The van der Waals surface area contributed by atoms with Crippen molar-refractivity contribution < 1.29 is 4.74 Å². The van der Waals surface area contributed by atoms with E-state index < -0.39 is 0 Å². The summed E-state index contributed by atoms with van der Waals surface area (Å²) in [6, 6.07) is 8.33. The third-order valence-electron chi connectivity index (χ3n) is 3.12. The minimum Gasteiger partial charge on any atom is -0.374 e. The summed E-state index contributed by atoms with van der Waals surface area (Å²) >= 11 is 0. The summed E-state index contributed by atoms with van der Waals surface area (Å²) in [6.45, 7) is 8.43. The Morgan fingerprint density at radius 3 is 2.84 bits per heavy atom. The Balaban J connectivity index is 1.93. The first-order valence-corrected chi connectivity index (χ1v) is 7.09. The summed E-state index contributed by atoms with van der Waals surface area (Å²) in [5.41, 5.74) is 2.22. The van der Waals surface area contributed by atoms with E-state index in [1.54, 1.807) is 0 Å². The minimum atomic E-state index is 0.585. The van der Waals surface area contributed by atoms with Crippen LogP contribution in [0.25, 0.3) is 10.9 Å². The highest BCUT2D eigenvalue weighted by Gasteiger charge is 2.08. The third kappa shape index (κ3) is 3.55. The van der Waals surface area contributed by atoms with Crippen molar-refractivity contribution in [3.05, 3.63) is 30.0 Å². The zero-order chi connectivity index (χ0) is 13.5. The SMILES string of the molecule is CCCNCCOCc1nn(CC)c2ccccc12. The first kappa shape index (κ1) is 14.0. The van der Waals surface area contributed by atoms with Crippen LogP contribution in [0, 0.1) is 0 Å². The lowest BCUT2D eigenvalue weighted by molar-refractivity contribution is 0.120. The number of nitrogens with zero attached hydrogens (tertiary/aromatic N) is 2. The van der Waals surface area contributed by atoms with Crippen LogP contribution in [0.15, 0.2) is 24.3 Å². The summed E-state index contributed by atoms with van der Waals surface area (Å²) < 4.78 is 7.72. The molecule has 19 heavy (non-hydrogen) atoms. The number of para-hydroxylation sites is 1. The molecule has 1 N–H and O–H groups in total. The number of hydrogen-bond donors (Lipinski definition) is 1. The molecule has 0 aliphatic carbocycles. The molecule has 0 spiro atoms. The molecule has 0 bridgehead atoms. The van der Waals surface area contributed by atoms with Crippen LogP contribution in [-0.2, 0) is 17.9 Å². The molecule has 2 aromatic rings. The van der Waals surface area contributed by atoms with Crippen LogP contribution in [-0.4, -0.2) is 29.5 Å². The fraction of sp³-hybridized carbons (Fsp3) is 0.533. The van der Waals surface area contributed by atoms with Gasteiger partial charge < -0.3 is 10.1 Å². The minimum absolute atomic E-state index is 0.585. The van der Waals surface area contributed by atoms with Crippen LogP contribution >= 0.6 is 0 Å². The van der Waals surface area contributed by atoms with Crippen molar-refractivity contribution in [1.82, 2.24) is 15.1 Å². The molecule has 0 aliphatic heterocycles. The summed E-state index contributed by atoms with van der Waals surface area (Å²) in [6.07, 6.45) is 1.16. The van der Waals surface area contributed by atoms with Crippen molar-refractivity contribution in [3.8, 4) is 0 Å². The van der Waals surface area contributed by atoms with E-state index >= 15 is 0 Å². The average molecular weight is 261 g/mol. The van der Waals surface area contributed by atoms with E-state index in [0.717, 1.165) is 38.4 Å². The number of aryl methyl sites for hydroxylation is 1. The van der Waals surface area contributed by atoms with Gasteiger partial charge in [0.25, 0.3) is 0 Å². The molecular weight excluding hydrogens is 238 g/mol. The van der Waals surface area contributed by atoms with Crippen molar-refractivity contribution >= 4 is 10.9 Å². The van der Waals surface area contributed by atoms with E-state index in [1.165, 1.54) is 10.9 Å². The quantitative estimate of drug-likeness (QED) is 0.742. The molecule has 0 saturated carbocycles. The molecular formula is C15H23N3O. The molecule has 0 fully saturated rings. The van der Waals surface area contributed by atoms with Crippen molar-refractivity contribution in [2.45, 2.75) is 33.4 Å².